The summed E-state index contributed by atoms with van der Waals surface area (Å²) >= 11 is 11.4. The van der Waals surface area contributed by atoms with E-state index in [1.54, 1.807) is 86.6 Å². The molecule has 0 aromatic heterocycles. The van der Waals surface area contributed by atoms with Crippen molar-refractivity contribution in [3.05, 3.63) is 191 Å². The molecule has 9 aromatic rings. The molecule has 2 aliphatic rings. The van der Waals surface area contributed by atoms with Gasteiger partial charge in [-0.25, -0.2) is 9.59 Å². The molecule has 11 rings (SSSR count). The van der Waals surface area contributed by atoms with Gasteiger partial charge in [0.05, 0.1) is 48.2 Å². The van der Waals surface area contributed by atoms with Crippen molar-refractivity contribution in [3.8, 4) is 46.0 Å². The van der Waals surface area contributed by atoms with Crippen molar-refractivity contribution in [1.82, 2.24) is 19.6 Å². The molecule has 0 aliphatic carbocycles. The van der Waals surface area contributed by atoms with E-state index in [4.69, 9.17) is 51.6 Å². The SMILES string of the molecule is C=C(Cl)C(=O)OCCN(CCC)C(=O)C(CC(F)(F)F)N1C(=O)c2cc(Oc3ccccc3)c3c4c(Oc5ccccc5)cc5c6c(cc(Oc7ccccc7)c(c7c(Oc8ccccc8)cc(c2c37)C1=O)c64)C(=O)N(C(CC(F)(F)F)C(=O)N(CCC)CCOC(=O)C(=C)Cl)C5=O. The minimum atomic E-state index is -5.23. The number of ether oxygens (including phenoxy) is 6. The normalized spacial score (nSPS) is 13.6. The summed E-state index contributed by atoms with van der Waals surface area (Å²) in [5.41, 5.74) is -1.95. The van der Waals surface area contributed by atoms with Crippen LogP contribution in [0.25, 0.3) is 43.1 Å². The Balaban J connectivity index is 1.27. The Morgan fingerprint density at radius 1 is 0.418 bits per heavy atom. The van der Waals surface area contributed by atoms with Gasteiger partial charge >= 0.3 is 24.3 Å². The maximum atomic E-state index is 15.9. The predicted octanol–water partition coefficient (Wildman–Crippen LogP) is 15.8. The van der Waals surface area contributed by atoms with Crippen molar-refractivity contribution >= 4 is 114 Å². The first kappa shape index (κ1) is 68.7. The third-order valence-corrected chi connectivity index (χ3v) is 16.4. The molecule has 2 unspecified atom stereocenters. The Bertz CT molecular complexity index is 4190. The van der Waals surface area contributed by atoms with Gasteiger partial charge < -0.3 is 38.2 Å². The van der Waals surface area contributed by atoms with Crippen LogP contribution >= 0.6 is 23.2 Å². The van der Waals surface area contributed by atoms with Crippen LogP contribution in [0.4, 0.5) is 26.3 Å². The third kappa shape index (κ3) is 13.8. The Kier molecular flexibility index (Phi) is 19.7. The number of nitrogens with zero attached hydrogens (tertiary/aromatic N) is 4. The van der Waals surface area contributed by atoms with Crippen molar-refractivity contribution in [3.63, 3.8) is 0 Å². The number of alkyl halides is 6. The number of para-hydroxylation sites is 4. The number of fused-ring (bicyclic) bond motifs is 2. The molecule has 0 N–H and O–H groups in total. The average molecular weight is 1390 g/mol. The molecule has 6 amide bonds. The van der Waals surface area contributed by atoms with Crippen LogP contribution in [0.15, 0.2) is 169 Å². The number of rotatable bonds is 26. The smallest absolute Gasteiger partial charge is 0.391 e. The second kappa shape index (κ2) is 28.2. The van der Waals surface area contributed by atoms with Crippen LogP contribution in [-0.4, -0.2) is 131 Å². The maximum absolute atomic E-state index is 15.9. The van der Waals surface area contributed by atoms with Gasteiger partial charge in [0.2, 0.25) is 11.8 Å². The summed E-state index contributed by atoms with van der Waals surface area (Å²) in [5, 5.41) is -2.01. The van der Waals surface area contributed by atoms with Crippen molar-refractivity contribution in [2.45, 2.75) is 64.0 Å². The molecule has 18 nitrogen and oxygen atoms in total. The predicted molar refractivity (Wildman–Crippen MR) is 349 cm³/mol. The van der Waals surface area contributed by atoms with Crippen LogP contribution in [-0.2, 0) is 28.7 Å². The highest BCUT2D eigenvalue weighted by Crippen LogP contribution is 2.58. The van der Waals surface area contributed by atoms with E-state index in [9.17, 15) is 19.2 Å². The van der Waals surface area contributed by atoms with Gasteiger partial charge in [0.15, 0.2) is 0 Å². The van der Waals surface area contributed by atoms with E-state index in [-0.39, 0.29) is 125 Å². The van der Waals surface area contributed by atoms with Gasteiger partial charge in [-0.05, 0) is 85.6 Å². The molecule has 0 saturated heterocycles. The number of amides is 6. The van der Waals surface area contributed by atoms with E-state index in [1.807, 2.05) is 0 Å². The second-order valence-electron chi connectivity index (χ2n) is 22.7. The minimum absolute atomic E-state index is 0.0727. The lowest BCUT2D eigenvalue weighted by Crippen LogP contribution is -2.56. The molecule has 2 aliphatic heterocycles. The van der Waals surface area contributed by atoms with Gasteiger partial charge in [0.25, 0.3) is 23.6 Å². The Morgan fingerprint density at radius 2 is 0.673 bits per heavy atom. The first-order valence-corrected chi connectivity index (χ1v) is 31.3. The van der Waals surface area contributed by atoms with Crippen LogP contribution in [0.2, 0.25) is 0 Å². The average Bonchev–Trinajstić information content (AvgIpc) is 0.671. The standard InChI is InChI=1S/C72H56Cl2F6N4O14/c1-5-27-81(29-31-93-69(91)39(3)73)67(89)49(37-71(75,76)77)83-63(85)45-33-51(95-41-19-11-7-12-20-41)57-59-53(97-43-23-15-9-16-24-43)35-47-56-48(66(88)84(65(47)87)50(38-72(78,79)80)68(90)82(28-6-2)30-32-94-70(92)40(4)74)36-54(98-44-25-17-10-18-26-44)60(62(56)59)58-52(96-42-21-13-8-14-22-42)34-46(64(83)86)55(45)61(57)58/h7-26,33-36,49-50H,3-6,27-32,37-38H2,1-2H3. The van der Waals surface area contributed by atoms with E-state index in [2.05, 4.69) is 13.2 Å². The molecular weight excluding hydrogens is 1330 g/mol. The molecule has 2 atom stereocenters. The van der Waals surface area contributed by atoms with E-state index >= 15 is 45.5 Å². The van der Waals surface area contributed by atoms with Crippen molar-refractivity contribution in [1.29, 1.82) is 0 Å². The highest BCUT2D eigenvalue weighted by Gasteiger charge is 2.51. The van der Waals surface area contributed by atoms with Gasteiger partial charge in [0.1, 0.15) is 81.4 Å². The molecule has 26 heteroatoms. The number of carbonyl (C=O) groups excluding carboxylic acids is 8. The fourth-order valence-electron chi connectivity index (χ4n) is 12.2. The molecule has 0 saturated carbocycles. The largest absolute Gasteiger partial charge is 0.460 e. The fraction of sp³-hybridized carbons (Fsp3) is 0.222. The molecule has 0 spiro atoms. The van der Waals surface area contributed by atoms with E-state index < -0.39 is 143 Å². The molecular formula is C72H56Cl2F6N4O14. The topological polar surface area (TPSA) is 205 Å². The van der Waals surface area contributed by atoms with Crippen molar-refractivity contribution in [2.24, 2.45) is 0 Å². The minimum Gasteiger partial charge on any atom is -0.460 e. The summed E-state index contributed by atoms with van der Waals surface area (Å²) in [6.07, 6.45) is -14.3. The number of imide groups is 2. The molecule has 0 radical (unpaired) electrons. The zero-order valence-electron chi connectivity index (χ0n) is 52.0. The zero-order chi connectivity index (χ0) is 70.1. The highest BCUT2D eigenvalue weighted by molar-refractivity contribution is 6.45. The molecule has 2 heterocycles. The van der Waals surface area contributed by atoms with Gasteiger partial charge in [-0.2, -0.15) is 26.3 Å². The lowest BCUT2D eigenvalue weighted by molar-refractivity contribution is -0.159. The summed E-state index contributed by atoms with van der Waals surface area (Å²) in [6.45, 7) is 7.14. The van der Waals surface area contributed by atoms with E-state index in [0.29, 0.717) is 0 Å². The first-order valence-electron chi connectivity index (χ1n) is 30.6. The fourth-order valence-corrected chi connectivity index (χ4v) is 12.3. The third-order valence-electron chi connectivity index (χ3n) is 16.1. The molecule has 98 heavy (non-hydrogen) atoms. The molecule has 0 fully saturated rings. The van der Waals surface area contributed by atoms with Crippen LogP contribution in [0.5, 0.6) is 46.0 Å². The number of hydrogen-bond acceptors (Lipinski definition) is 14. The Labute approximate surface area is 564 Å². The summed E-state index contributed by atoms with van der Waals surface area (Å²) in [4.78, 5) is 120. The van der Waals surface area contributed by atoms with Gasteiger partial charge in [-0.3, -0.25) is 38.6 Å². The van der Waals surface area contributed by atoms with Crippen LogP contribution < -0.4 is 18.9 Å². The van der Waals surface area contributed by atoms with Gasteiger partial charge in [-0.1, -0.05) is 123 Å². The quantitative estimate of drug-likeness (QED) is 0.0124. The van der Waals surface area contributed by atoms with Crippen molar-refractivity contribution < 1.29 is 93.1 Å². The zero-order valence-corrected chi connectivity index (χ0v) is 53.5. The van der Waals surface area contributed by atoms with E-state index in [0.717, 1.165) is 34.1 Å². The summed E-state index contributed by atoms with van der Waals surface area (Å²) in [7, 11) is 0. The highest BCUT2D eigenvalue weighted by atomic mass is 35.5. The second-order valence-corrected chi connectivity index (χ2v) is 23.6. The Hall–Kier alpha value is -10.7. The van der Waals surface area contributed by atoms with Gasteiger partial charge in [-0.15, -0.1) is 0 Å². The van der Waals surface area contributed by atoms with Crippen LogP contribution in [0.3, 0.4) is 0 Å². The molecule has 0 bridgehead atoms. The van der Waals surface area contributed by atoms with Crippen LogP contribution in [0, 0.1) is 0 Å². The first-order chi connectivity index (χ1) is 46.8. The summed E-state index contributed by atoms with van der Waals surface area (Å²) in [6, 6.07) is 31.0. The van der Waals surface area contributed by atoms with Gasteiger partial charge in [0, 0.05) is 56.2 Å². The summed E-state index contributed by atoms with van der Waals surface area (Å²) < 4.78 is 129. The molecule has 504 valence electrons. The number of halogens is 8. The summed E-state index contributed by atoms with van der Waals surface area (Å²) in [5.74, 6) is -11.4. The number of hydrogen-bond donors (Lipinski definition) is 0. The Morgan fingerprint density at radius 3 is 0.898 bits per heavy atom. The van der Waals surface area contributed by atoms with E-state index in [1.165, 1.54) is 48.5 Å². The lowest BCUT2D eigenvalue weighted by Gasteiger charge is -2.38. The monoisotopic (exact) mass is 1380 g/mol. The van der Waals surface area contributed by atoms with Crippen molar-refractivity contribution in [2.75, 3.05) is 39.4 Å². The number of carbonyl (C=O) groups is 8. The maximum Gasteiger partial charge on any atom is 0.391 e. The number of benzene rings is 9. The lowest BCUT2D eigenvalue weighted by atomic mass is 9.80. The molecule has 9 aromatic carbocycles. The number of esters is 2. The van der Waals surface area contributed by atoms with Crippen LogP contribution in [0.1, 0.15) is 81.0 Å².